The minimum Gasteiger partial charge on any atom is -0.497 e. The lowest BCUT2D eigenvalue weighted by atomic mass is 9.86. The Labute approximate surface area is 174 Å². The van der Waals surface area contributed by atoms with Gasteiger partial charge < -0.3 is 15.0 Å². The van der Waals surface area contributed by atoms with Crippen LogP contribution in [0.3, 0.4) is 0 Å². The number of benzene rings is 1. The molecule has 2 fully saturated rings. The van der Waals surface area contributed by atoms with Crippen molar-refractivity contribution < 1.29 is 14.3 Å². The number of methoxy groups -OCH3 is 1. The molecule has 1 aromatic carbocycles. The molecular weight excluding hydrogens is 366 g/mol. The van der Waals surface area contributed by atoms with E-state index in [4.69, 9.17) is 4.74 Å². The van der Waals surface area contributed by atoms with Gasteiger partial charge in [-0.25, -0.2) is 0 Å². The molecule has 160 valence electrons. The number of ether oxygens (including phenoxy) is 1. The molecular formula is C23H35N3O3. The zero-order valence-corrected chi connectivity index (χ0v) is 17.7. The molecule has 0 radical (unpaired) electrons. The number of hydrogen-bond acceptors (Lipinski definition) is 4. The smallest absolute Gasteiger partial charge is 0.251 e. The van der Waals surface area contributed by atoms with Gasteiger partial charge in [-0.1, -0.05) is 32.1 Å². The molecule has 1 aromatic rings. The molecule has 6 heteroatoms. The molecule has 0 bridgehead atoms. The molecule has 1 saturated heterocycles. The topological polar surface area (TPSA) is 61.9 Å². The van der Waals surface area contributed by atoms with E-state index < -0.39 is 0 Å². The molecule has 1 aliphatic carbocycles. The molecule has 2 aliphatic rings. The molecule has 0 unspecified atom stereocenters. The molecule has 1 heterocycles. The first-order chi connectivity index (χ1) is 14.2. The highest BCUT2D eigenvalue weighted by Gasteiger charge is 2.22. The van der Waals surface area contributed by atoms with E-state index in [-0.39, 0.29) is 5.91 Å². The van der Waals surface area contributed by atoms with Crippen molar-refractivity contribution in [2.24, 2.45) is 5.92 Å². The minimum atomic E-state index is -0.0656. The third kappa shape index (κ3) is 6.74. The second kappa shape index (κ2) is 11.2. The van der Waals surface area contributed by atoms with Gasteiger partial charge in [0.2, 0.25) is 5.91 Å². The minimum absolute atomic E-state index is 0.0656. The number of carbonyl (C=O) groups is 2. The number of nitrogens with one attached hydrogen (secondary N) is 1. The Bertz CT molecular complexity index is 648. The largest absolute Gasteiger partial charge is 0.497 e. The van der Waals surface area contributed by atoms with Crippen LogP contribution >= 0.6 is 0 Å². The zero-order valence-electron chi connectivity index (χ0n) is 17.7. The van der Waals surface area contributed by atoms with Crippen LogP contribution in [0.2, 0.25) is 0 Å². The van der Waals surface area contributed by atoms with Gasteiger partial charge in [0.1, 0.15) is 5.75 Å². The summed E-state index contributed by atoms with van der Waals surface area (Å²) < 4.78 is 5.11. The Morgan fingerprint density at radius 1 is 1.03 bits per heavy atom. The molecule has 1 N–H and O–H groups in total. The number of rotatable bonds is 8. The Hall–Kier alpha value is -2.08. The van der Waals surface area contributed by atoms with E-state index in [1.54, 1.807) is 31.4 Å². The summed E-state index contributed by atoms with van der Waals surface area (Å²) in [6, 6.07) is 7.12. The molecule has 29 heavy (non-hydrogen) atoms. The molecule has 3 rings (SSSR count). The molecule has 6 nitrogen and oxygen atoms in total. The second-order valence-corrected chi connectivity index (χ2v) is 8.25. The predicted octanol–water partition coefficient (Wildman–Crippen LogP) is 2.93. The third-order valence-corrected chi connectivity index (χ3v) is 6.28. The van der Waals surface area contributed by atoms with Crippen LogP contribution in [0.5, 0.6) is 5.75 Å². The standard InChI is InChI=1S/C23H35N3O3/c1-29-21-10-8-20(9-11-21)23(28)24-13-14-25-15-17-26(18-16-25)22(27)12-7-19-5-3-2-4-6-19/h8-11,19H,2-7,12-18H2,1H3,(H,24,28). The van der Waals surface area contributed by atoms with Gasteiger partial charge in [-0.05, 0) is 36.6 Å². The van der Waals surface area contributed by atoms with Gasteiger partial charge in [-0.3, -0.25) is 14.5 Å². The van der Waals surface area contributed by atoms with Gasteiger partial charge >= 0.3 is 0 Å². The number of piperazine rings is 1. The Morgan fingerprint density at radius 2 is 1.72 bits per heavy atom. The molecule has 1 aliphatic heterocycles. The number of nitrogens with zero attached hydrogens (tertiary/aromatic N) is 2. The van der Waals surface area contributed by atoms with Gasteiger partial charge in [-0.2, -0.15) is 0 Å². The summed E-state index contributed by atoms with van der Waals surface area (Å²) in [6.07, 6.45) is 8.44. The zero-order chi connectivity index (χ0) is 20.5. The van der Waals surface area contributed by atoms with Gasteiger partial charge in [0.05, 0.1) is 7.11 Å². The maximum absolute atomic E-state index is 12.5. The first-order valence-corrected chi connectivity index (χ1v) is 11.1. The van der Waals surface area contributed by atoms with Crippen LogP contribution in [0.15, 0.2) is 24.3 Å². The third-order valence-electron chi connectivity index (χ3n) is 6.28. The van der Waals surface area contributed by atoms with Crippen LogP contribution in [0.25, 0.3) is 0 Å². The summed E-state index contributed by atoms with van der Waals surface area (Å²) in [6.45, 7) is 4.79. The van der Waals surface area contributed by atoms with Crippen molar-refractivity contribution >= 4 is 11.8 Å². The highest BCUT2D eigenvalue weighted by molar-refractivity contribution is 5.94. The van der Waals surface area contributed by atoms with Crippen molar-refractivity contribution in [2.75, 3.05) is 46.4 Å². The van der Waals surface area contributed by atoms with E-state index in [1.807, 2.05) is 4.90 Å². The molecule has 1 saturated carbocycles. The quantitative estimate of drug-likeness (QED) is 0.728. The fourth-order valence-electron chi connectivity index (χ4n) is 4.35. The van der Waals surface area contributed by atoms with Gasteiger partial charge in [0, 0.05) is 51.3 Å². The monoisotopic (exact) mass is 401 g/mol. The Kier molecular flexibility index (Phi) is 8.35. The Morgan fingerprint density at radius 3 is 2.38 bits per heavy atom. The van der Waals surface area contributed by atoms with E-state index in [0.29, 0.717) is 24.4 Å². The van der Waals surface area contributed by atoms with Crippen LogP contribution in [0.4, 0.5) is 0 Å². The van der Waals surface area contributed by atoms with Crippen LogP contribution in [0.1, 0.15) is 55.3 Å². The normalized spacial score (nSPS) is 18.4. The van der Waals surface area contributed by atoms with Crippen molar-refractivity contribution in [3.63, 3.8) is 0 Å². The maximum Gasteiger partial charge on any atom is 0.251 e. The summed E-state index contributed by atoms with van der Waals surface area (Å²) in [4.78, 5) is 29.0. The summed E-state index contributed by atoms with van der Waals surface area (Å²) in [5, 5.41) is 2.97. The van der Waals surface area contributed by atoms with Crippen molar-refractivity contribution in [1.29, 1.82) is 0 Å². The van der Waals surface area contributed by atoms with Gasteiger partial charge in [-0.15, -0.1) is 0 Å². The molecule has 0 aromatic heterocycles. The van der Waals surface area contributed by atoms with E-state index in [9.17, 15) is 9.59 Å². The summed E-state index contributed by atoms with van der Waals surface area (Å²) in [5.74, 6) is 1.77. The summed E-state index contributed by atoms with van der Waals surface area (Å²) >= 11 is 0. The van der Waals surface area contributed by atoms with E-state index >= 15 is 0 Å². The SMILES string of the molecule is COc1ccc(C(=O)NCCN2CCN(C(=O)CCC3CCCCC3)CC2)cc1. The summed E-state index contributed by atoms with van der Waals surface area (Å²) in [5.41, 5.74) is 0.638. The van der Waals surface area contributed by atoms with Crippen LogP contribution < -0.4 is 10.1 Å². The lowest BCUT2D eigenvalue weighted by Crippen LogP contribution is -2.50. The molecule has 0 atom stereocenters. The van der Waals surface area contributed by atoms with Gasteiger partial charge in [0.25, 0.3) is 5.91 Å². The first-order valence-electron chi connectivity index (χ1n) is 11.1. The van der Waals surface area contributed by atoms with Crippen LogP contribution in [-0.2, 0) is 4.79 Å². The number of hydrogen-bond donors (Lipinski definition) is 1. The van der Waals surface area contributed by atoms with Crippen molar-refractivity contribution in [3.05, 3.63) is 29.8 Å². The number of amides is 2. The van der Waals surface area contributed by atoms with Gasteiger partial charge in [0.15, 0.2) is 0 Å². The van der Waals surface area contributed by atoms with E-state index in [1.165, 1.54) is 32.1 Å². The van der Waals surface area contributed by atoms with Crippen LogP contribution in [-0.4, -0.2) is 68.0 Å². The maximum atomic E-state index is 12.5. The van der Waals surface area contributed by atoms with Crippen molar-refractivity contribution in [2.45, 2.75) is 44.9 Å². The fourth-order valence-corrected chi connectivity index (χ4v) is 4.35. The average molecular weight is 402 g/mol. The lowest BCUT2D eigenvalue weighted by Gasteiger charge is -2.35. The first kappa shape index (κ1) is 21.6. The Balaban J connectivity index is 1.30. The highest BCUT2D eigenvalue weighted by Crippen LogP contribution is 2.27. The molecule has 0 spiro atoms. The second-order valence-electron chi connectivity index (χ2n) is 8.25. The van der Waals surface area contributed by atoms with E-state index in [2.05, 4.69) is 10.2 Å². The predicted molar refractivity (Wildman–Crippen MR) is 114 cm³/mol. The number of carbonyl (C=O) groups excluding carboxylic acids is 2. The highest BCUT2D eigenvalue weighted by atomic mass is 16.5. The van der Waals surface area contributed by atoms with Crippen LogP contribution in [0, 0.1) is 5.92 Å². The molecule has 2 amide bonds. The van der Waals surface area contributed by atoms with E-state index in [0.717, 1.165) is 50.8 Å². The fraction of sp³-hybridized carbons (Fsp3) is 0.652. The lowest BCUT2D eigenvalue weighted by molar-refractivity contribution is -0.133. The van der Waals surface area contributed by atoms with Crippen molar-refractivity contribution in [3.8, 4) is 5.75 Å². The summed E-state index contributed by atoms with van der Waals surface area (Å²) in [7, 11) is 1.61. The van der Waals surface area contributed by atoms with Crippen molar-refractivity contribution in [1.82, 2.24) is 15.1 Å². The average Bonchev–Trinajstić information content (AvgIpc) is 2.78.